The summed E-state index contributed by atoms with van der Waals surface area (Å²) in [4.78, 5) is 12.2. The highest BCUT2D eigenvalue weighted by atomic mass is 16.1. The lowest BCUT2D eigenvalue weighted by Crippen LogP contribution is -2.14. The zero-order chi connectivity index (χ0) is 14.0. The van der Waals surface area contributed by atoms with E-state index in [0.29, 0.717) is 5.56 Å². The Labute approximate surface area is 114 Å². The van der Waals surface area contributed by atoms with Crippen molar-refractivity contribution >= 4 is 11.6 Å². The molecule has 0 saturated heterocycles. The number of aryl methyl sites for hydroxylation is 4. The molecule has 1 N–H and O–H groups in total. The van der Waals surface area contributed by atoms with Gasteiger partial charge in [-0.15, -0.1) is 0 Å². The van der Waals surface area contributed by atoms with Gasteiger partial charge in [-0.05, 0) is 51.0 Å². The molecule has 0 unspecified atom stereocenters. The molecule has 2 aromatic carbocycles. The zero-order valence-electron chi connectivity index (χ0n) is 11.9. The van der Waals surface area contributed by atoms with E-state index in [2.05, 4.69) is 24.4 Å². The summed E-state index contributed by atoms with van der Waals surface area (Å²) in [6.07, 6.45) is 0. The molecule has 98 valence electrons. The Morgan fingerprint density at radius 2 is 1.53 bits per heavy atom. The van der Waals surface area contributed by atoms with Crippen molar-refractivity contribution in [3.05, 3.63) is 64.2 Å². The molecule has 0 bridgehead atoms. The van der Waals surface area contributed by atoms with E-state index < -0.39 is 0 Å². The topological polar surface area (TPSA) is 29.1 Å². The first-order valence-corrected chi connectivity index (χ1v) is 6.43. The van der Waals surface area contributed by atoms with Crippen LogP contribution in [0.15, 0.2) is 36.4 Å². The molecular formula is C17H19NO. The highest BCUT2D eigenvalue weighted by Crippen LogP contribution is 2.22. The molecule has 2 heteroatoms. The van der Waals surface area contributed by atoms with Gasteiger partial charge in [0.15, 0.2) is 0 Å². The molecular weight excluding hydrogens is 234 g/mol. The maximum Gasteiger partial charge on any atom is 0.255 e. The maximum absolute atomic E-state index is 12.2. The fourth-order valence-electron chi connectivity index (χ4n) is 2.35. The molecule has 0 atom stereocenters. The van der Waals surface area contributed by atoms with Crippen molar-refractivity contribution in [3.63, 3.8) is 0 Å². The standard InChI is InChI=1S/C17H19NO/c1-11-6-5-7-15(10-11)17(19)18-16-13(3)8-12(2)9-14(16)4/h5-10H,1-4H3,(H,18,19). The van der Waals surface area contributed by atoms with Crippen molar-refractivity contribution in [1.29, 1.82) is 0 Å². The predicted molar refractivity (Wildman–Crippen MR) is 79.8 cm³/mol. The van der Waals surface area contributed by atoms with Crippen LogP contribution in [0.4, 0.5) is 5.69 Å². The molecule has 2 rings (SSSR count). The number of rotatable bonds is 2. The monoisotopic (exact) mass is 253 g/mol. The van der Waals surface area contributed by atoms with Gasteiger partial charge in [-0.2, -0.15) is 0 Å². The van der Waals surface area contributed by atoms with Crippen LogP contribution >= 0.6 is 0 Å². The van der Waals surface area contributed by atoms with E-state index in [1.807, 2.05) is 45.0 Å². The zero-order valence-corrected chi connectivity index (χ0v) is 11.9. The van der Waals surface area contributed by atoms with E-state index in [0.717, 1.165) is 22.4 Å². The van der Waals surface area contributed by atoms with Crippen LogP contribution in [0.5, 0.6) is 0 Å². The fourth-order valence-corrected chi connectivity index (χ4v) is 2.35. The Morgan fingerprint density at radius 3 is 2.11 bits per heavy atom. The Kier molecular flexibility index (Phi) is 3.70. The van der Waals surface area contributed by atoms with Crippen molar-refractivity contribution in [3.8, 4) is 0 Å². The van der Waals surface area contributed by atoms with Gasteiger partial charge in [0, 0.05) is 11.3 Å². The first-order chi connectivity index (χ1) is 8.97. The van der Waals surface area contributed by atoms with E-state index in [4.69, 9.17) is 0 Å². The van der Waals surface area contributed by atoms with Crippen LogP contribution in [0.3, 0.4) is 0 Å². The van der Waals surface area contributed by atoms with Crippen molar-refractivity contribution in [2.75, 3.05) is 5.32 Å². The Bertz CT molecular complexity index is 606. The van der Waals surface area contributed by atoms with Gasteiger partial charge in [0.2, 0.25) is 0 Å². The minimum absolute atomic E-state index is 0.0567. The minimum atomic E-state index is -0.0567. The summed E-state index contributed by atoms with van der Waals surface area (Å²) in [5.74, 6) is -0.0567. The number of nitrogens with one attached hydrogen (secondary N) is 1. The van der Waals surface area contributed by atoms with E-state index in [1.54, 1.807) is 0 Å². The summed E-state index contributed by atoms with van der Waals surface area (Å²) >= 11 is 0. The van der Waals surface area contributed by atoms with Crippen LogP contribution in [-0.2, 0) is 0 Å². The van der Waals surface area contributed by atoms with E-state index in [9.17, 15) is 4.79 Å². The minimum Gasteiger partial charge on any atom is -0.322 e. The van der Waals surface area contributed by atoms with Gasteiger partial charge in [0.1, 0.15) is 0 Å². The first-order valence-electron chi connectivity index (χ1n) is 6.43. The lowest BCUT2D eigenvalue weighted by atomic mass is 10.0. The summed E-state index contributed by atoms with van der Waals surface area (Å²) in [5.41, 5.74) is 6.10. The molecule has 0 spiro atoms. The second-order valence-corrected chi connectivity index (χ2v) is 5.10. The number of benzene rings is 2. The fraction of sp³-hybridized carbons (Fsp3) is 0.235. The summed E-state index contributed by atoms with van der Waals surface area (Å²) in [5, 5.41) is 3.01. The molecule has 0 aliphatic carbocycles. The molecule has 19 heavy (non-hydrogen) atoms. The maximum atomic E-state index is 12.2. The number of carbonyl (C=O) groups is 1. The van der Waals surface area contributed by atoms with Crippen LogP contribution < -0.4 is 5.32 Å². The van der Waals surface area contributed by atoms with Gasteiger partial charge in [-0.25, -0.2) is 0 Å². The van der Waals surface area contributed by atoms with Gasteiger partial charge < -0.3 is 5.32 Å². The quantitative estimate of drug-likeness (QED) is 0.855. The molecule has 2 aromatic rings. The molecule has 0 heterocycles. The lowest BCUT2D eigenvalue weighted by Gasteiger charge is -2.13. The normalized spacial score (nSPS) is 10.3. The third kappa shape index (κ3) is 3.02. The molecule has 0 aliphatic rings. The Balaban J connectivity index is 2.29. The van der Waals surface area contributed by atoms with Crippen molar-refractivity contribution in [2.45, 2.75) is 27.7 Å². The lowest BCUT2D eigenvalue weighted by molar-refractivity contribution is 0.102. The number of hydrogen-bond donors (Lipinski definition) is 1. The molecule has 0 radical (unpaired) electrons. The number of amides is 1. The van der Waals surface area contributed by atoms with Gasteiger partial charge >= 0.3 is 0 Å². The third-order valence-corrected chi connectivity index (χ3v) is 3.20. The average Bonchev–Trinajstić information content (AvgIpc) is 2.33. The Hall–Kier alpha value is -2.09. The van der Waals surface area contributed by atoms with Crippen molar-refractivity contribution in [2.24, 2.45) is 0 Å². The third-order valence-electron chi connectivity index (χ3n) is 3.20. The number of hydrogen-bond acceptors (Lipinski definition) is 1. The SMILES string of the molecule is Cc1cccc(C(=O)Nc2c(C)cc(C)cc2C)c1. The van der Waals surface area contributed by atoms with Crippen LogP contribution in [-0.4, -0.2) is 5.91 Å². The van der Waals surface area contributed by atoms with Crippen molar-refractivity contribution < 1.29 is 4.79 Å². The Morgan fingerprint density at radius 1 is 0.895 bits per heavy atom. The van der Waals surface area contributed by atoms with E-state index in [-0.39, 0.29) is 5.91 Å². The van der Waals surface area contributed by atoms with Crippen molar-refractivity contribution in [1.82, 2.24) is 0 Å². The van der Waals surface area contributed by atoms with Crippen LogP contribution in [0.1, 0.15) is 32.6 Å². The van der Waals surface area contributed by atoms with Crippen LogP contribution in [0, 0.1) is 27.7 Å². The smallest absolute Gasteiger partial charge is 0.255 e. The molecule has 2 nitrogen and oxygen atoms in total. The van der Waals surface area contributed by atoms with E-state index in [1.165, 1.54) is 5.56 Å². The largest absolute Gasteiger partial charge is 0.322 e. The first kappa shape index (κ1) is 13.3. The second-order valence-electron chi connectivity index (χ2n) is 5.10. The van der Waals surface area contributed by atoms with Crippen LogP contribution in [0.2, 0.25) is 0 Å². The molecule has 0 saturated carbocycles. The molecule has 0 aromatic heterocycles. The summed E-state index contributed by atoms with van der Waals surface area (Å²) in [6.45, 7) is 8.09. The van der Waals surface area contributed by atoms with Gasteiger partial charge in [-0.1, -0.05) is 35.4 Å². The number of anilines is 1. The summed E-state index contributed by atoms with van der Waals surface area (Å²) in [6, 6.07) is 11.8. The highest BCUT2D eigenvalue weighted by molar-refractivity contribution is 6.05. The van der Waals surface area contributed by atoms with Gasteiger partial charge in [0.25, 0.3) is 5.91 Å². The predicted octanol–water partition coefficient (Wildman–Crippen LogP) is 4.17. The van der Waals surface area contributed by atoms with Gasteiger partial charge in [0.05, 0.1) is 0 Å². The van der Waals surface area contributed by atoms with Gasteiger partial charge in [-0.3, -0.25) is 4.79 Å². The second kappa shape index (κ2) is 5.27. The summed E-state index contributed by atoms with van der Waals surface area (Å²) in [7, 11) is 0. The van der Waals surface area contributed by atoms with Crippen LogP contribution in [0.25, 0.3) is 0 Å². The highest BCUT2D eigenvalue weighted by Gasteiger charge is 2.10. The molecule has 0 fully saturated rings. The number of carbonyl (C=O) groups excluding carboxylic acids is 1. The van der Waals surface area contributed by atoms with E-state index >= 15 is 0 Å². The summed E-state index contributed by atoms with van der Waals surface area (Å²) < 4.78 is 0. The molecule has 0 aliphatic heterocycles. The average molecular weight is 253 g/mol. The molecule has 1 amide bonds.